The van der Waals surface area contributed by atoms with Crippen molar-refractivity contribution >= 4 is 17.4 Å². The van der Waals surface area contributed by atoms with Gasteiger partial charge in [-0.1, -0.05) is 26.0 Å². The lowest BCUT2D eigenvalue weighted by atomic mass is 9.70. The quantitative estimate of drug-likeness (QED) is 0.584. The summed E-state index contributed by atoms with van der Waals surface area (Å²) in [6, 6.07) is 13.0. The van der Waals surface area contributed by atoms with Gasteiger partial charge in [0.05, 0.1) is 13.0 Å². The summed E-state index contributed by atoms with van der Waals surface area (Å²) in [5.74, 6) is 0.170. The summed E-state index contributed by atoms with van der Waals surface area (Å²) >= 11 is 0. The largest absolute Gasteiger partial charge is 0.493 e. The highest BCUT2D eigenvalue weighted by Crippen LogP contribution is 2.48. The molecule has 0 saturated heterocycles. The minimum absolute atomic E-state index is 0.000833. The van der Waals surface area contributed by atoms with Crippen molar-refractivity contribution in [2.75, 3.05) is 19.0 Å². The number of nitrogens with two attached hydrogens (primary N) is 1. The lowest BCUT2D eigenvalue weighted by Gasteiger charge is -2.37. The lowest BCUT2D eigenvalue weighted by Crippen LogP contribution is -2.33. The highest BCUT2D eigenvalue weighted by Gasteiger charge is 2.43. The van der Waals surface area contributed by atoms with Gasteiger partial charge in [-0.15, -0.1) is 0 Å². The van der Waals surface area contributed by atoms with E-state index in [2.05, 4.69) is 11.4 Å². The number of amides is 1. The number of Topliss-reactive ketones (excluding diaryl/α,β-unsaturated/α-hetero) is 1. The maximum absolute atomic E-state index is 13.2. The monoisotopic (exact) mass is 501 g/mol. The van der Waals surface area contributed by atoms with Crippen LogP contribution in [0.1, 0.15) is 49.3 Å². The van der Waals surface area contributed by atoms with Crippen molar-refractivity contribution in [1.82, 2.24) is 0 Å². The number of nitrogens with one attached hydrogen (secondary N) is 1. The summed E-state index contributed by atoms with van der Waals surface area (Å²) in [5.41, 5.74) is 9.91. The highest BCUT2D eigenvalue weighted by atomic mass is 16.5. The van der Waals surface area contributed by atoms with E-state index < -0.39 is 5.92 Å². The molecule has 1 aliphatic heterocycles. The number of carbonyl (C=O) groups excluding carboxylic acids is 2. The number of nitriles is 1. The summed E-state index contributed by atoms with van der Waals surface area (Å²) in [6.07, 6.45) is 0.885. The van der Waals surface area contributed by atoms with Crippen molar-refractivity contribution in [3.63, 3.8) is 0 Å². The molecule has 1 unspecified atom stereocenters. The van der Waals surface area contributed by atoms with Gasteiger partial charge in [-0.3, -0.25) is 9.59 Å². The molecule has 0 fully saturated rings. The number of ketones is 1. The molecule has 0 radical (unpaired) electrons. The van der Waals surface area contributed by atoms with Crippen LogP contribution in [-0.2, 0) is 14.3 Å². The molecule has 192 valence electrons. The van der Waals surface area contributed by atoms with E-state index in [1.54, 1.807) is 18.2 Å². The SMILES string of the molecule is COc1cc(C2C(C#N)=C(N)OC3=C2C(=O)CC(C)(C)C3)ccc1OCC(=O)Nc1cc(C)cc(C)c1. The van der Waals surface area contributed by atoms with Crippen molar-refractivity contribution in [1.29, 1.82) is 5.26 Å². The molecule has 37 heavy (non-hydrogen) atoms. The third-order valence-corrected chi connectivity index (χ3v) is 6.46. The molecule has 1 aliphatic carbocycles. The third kappa shape index (κ3) is 5.46. The van der Waals surface area contributed by atoms with Crippen molar-refractivity contribution in [2.24, 2.45) is 11.1 Å². The molecule has 1 amide bonds. The molecule has 4 rings (SSSR count). The zero-order chi connectivity index (χ0) is 26.9. The number of benzene rings is 2. The molecule has 2 aromatic carbocycles. The predicted octanol–water partition coefficient (Wildman–Crippen LogP) is 4.78. The normalized spacial score (nSPS) is 18.5. The van der Waals surface area contributed by atoms with Gasteiger partial charge in [-0.05, 0) is 60.2 Å². The van der Waals surface area contributed by atoms with E-state index in [4.69, 9.17) is 19.9 Å². The van der Waals surface area contributed by atoms with E-state index in [-0.39, 0.29) is 35.2 Å². The maximum atomic E-state index is 13.2. The summed E-state index contributed by atoms with van der Waals surface area (Å²) in [6.45, 7) is 7.70. The van der Waals surface area contributed by atoms with Gasteiger partial charge in [-0.25, -0.2) is 0 Å². The molecule has 3 N–H and O–H groups in total. The van der Waals surface area contributed by atoms with Crippen LogP contribution < -0.4 is 20.5 Å². The molecule has 8 nitrogen and oxygen atoms in total. The first-order valence-corrected chi connectivity index (χ1v) is 12.0. The second kappa shape index (κ2) is 10.0. The van der Waals surface area contributed by atoms with Crippen LogP contribution >= 0.6 is 0 Å². The summed E-state index contributed by atoms with van der Waals surface area (Å²) in [7, 11) is 1.49. The molecule has 1 atom stereocenters. The average molecular weight is 502 g/mol. The van der Waals surface area contributed by atoms with Crippen LogP contribution in [-0.4, -0.2) is 25.4 Å². The van der Waals surface area contributed by atoms with E-state index in [0.717, 1.165) is 11.1 Å². The minimum Gasteiger partial charge on any atom is -0.493 e. The first-order chi connectivity index (χ1) is 17.5. The molecule has 2 aromatic rings. The molecular weight excluding hydrogens is 470 g/mol. The zero-order valence-corrected chi connectivity index (χ0v) is 21.7. The Kier molecular flexibility index (Phi) is 6.99. The van der Waals surface area contributed by atoms with Crippen LogP contribution in [0.15, 0.2) is 59.2 Å². The van der Waals surface area contributed by atoms with E-state index >= 15 is 0 Å². The fourth-order valence-electron chi connectivity index (χ4n) is 4.99. The molecule has 8 heteroatoms. The Morgan fingerprint density at radius 2 is 1.86 bits per heavy atom. The molecule has 0 spiro atoms. The smallest absolute Gasteiger partial charge is 0.262 e. The van der Waals surface area contributed by atoms with Crippen LogP contribution in [0.2, 0.25) is 0 Å². The predicted molar refractivity (Wildman–Crippen MR) is 139 cm³/mol. The van der Waals surface area contributed by atoms with E-state index in [1.165, 1.54) is 7.11 Å². The van der Waals surface area contributed by atoms with Crippen LogP contribution in [0.5, 0.6) is 11.5 Å². The third-order valence-electron chi connectivity index (χ3n) is 6.46. The maximum Gasteiger partial charge on any atom is 0.262 e. The van der Waals surface area contributed by atoms with Gasteiger partial charge in [0.2, 0.25) is 5.88 Å². The zero-order valence-electron chi connectivity index (χ0n) is 21.7. The number of rotatable bonds is 6. The number of hydrogen-bond donors (Lipinski definition) is 2. The molecule has 0 aromatic heterocycles. The average Bonchev–Trinajstić information content (AvgIpc) is 2.80. The first-order valence-electron chi connectivity index (χ1n) is 12.0. The number of anilines is 1. The number of hydrogen-bond acceptors (Lipinski definition) is 7. The number of ether oxygens (including phenoxy) is 3. The molecular formula is C29H31N3O5. The van der Waals surface area contributed by atoms with Gasteiger partial charge in [-0.2, -0.15) is 5.26 Å². The van der Waals surface area contributed by atoms with Gasteiger partial charge in [0.15, 0.2) is 23.9 Å². The Morgan fingerprint density at radius 3 is 2.51 bits per heavy atom. The van der Waals surface area contributed by atoms with Crippen molar-refractivity contribution in [2.45, 2.75) is 46.5 Å². The molecule has 0 bridgehead atoms. The number of nitrogens with zero attached hydrogens (tertiary/aromatic N) is 1. The fourth-order valence-corrected chi connectivity index (χ4v) is 4.99. The van der Waals surface area contributed by atoms with Crippen LogP contribution in [0, 0.1) is 30.6 Å². The molecule has 1 heterocycles. The molecule has 2 aliphatic rings. The molecule has 0 saturated carbocycles. The fraction of sp³-hybridized carbons (Fsp3) is 0.345. The van der Waals surface area contributed by atoms with Gasteiger partial charge in [0.1, 0.15) is 17.4 Å². The lowest BCUT2D eigenvalue weighted by molar-refractivity contribution is -0.119. The van der Waals surface area contributed by atoms with E-state index in [1.807, 2.05) is 45.9 Å². The van der Waals surface area contributed by atoms with E-state index in [0.29, 0.717) is 46.9 Å². The Bertz CT molecular complexity index is 1360. The topological polar surface area (TPSA) is 124 Å². The standard InChI is InChI=1S/C29H31N3O5/c1-16-8-17(2)10-19(9-16)32-25(34)15-36-22-7-6-18(11-23(22)35-5)26-20(14-30)28(31)37-24-13-29(3,4)12-21(33)27(24)26/h6-11,26H,12-13,15,31H2,1-5H3,(H,32,34). The number of carbonyl (C=O) groups is 2. The highest BCUT2D eigenvalue weighted by molar-refractivity contribution is 6.00. The van der Waals surface area contributed by atoms with Crippen LogP contribution in [0.4, 0.5) is 5.69 Å². The van der Waals surface area contributed by atoms with Crippen molar-refractivity contribution in [3.05, 3.63) is 75.9 Å². The summed E-state index contributed by atoms with van der Waals surface area (Å²) < 4.78 is 17.0. The second-order valence-corrected chi connectivity index (χ2v) is 10.3. The van der Waals surface area contributed by atoms with Gasteiger partial charge in [0.25, 0.3) is 5.91 Å². The number of methoxy groups -OCH3 is 1. The Balaban J connectivity index is 1.59. The Labute approximate surface area is 216 Å². The summed E-state index contributed by atoms with van der Waals surface area (Å²) in [5, 5.41) is 12.7. The Hall–Kier alpha value is -4.25. The summed E-state index contributed by atoms with van der Waals surface area (Å²) in [4.78, 5) is 25.7. The van der Waals surface area contributed by atoms with Crippen LogP contribution in [0.3, 0.4) is 0 Å². The minimum atomic E-state index is -0.673. The van der Waals surface area contributed by atoms with Crippen molar-refractivity contribution in [3.8, 4) is 17.6 Å². The van der Waals surface area contributed by atoms with Crippen molar-refractivity contribution < 1.29 is 23.8 Å². The second-order valence-electron chi connectivity index (χ2n) is 10.3. The number of aryl methyl sites for hydroxylation is 2. The number of allylic oxidation sites excluding steroid dienone is 3. The first kappa shape index (κ1) is 25.8. The van der Waals surface area contributed by atoms with Gasteiger partial charge >= 0.3 is 0 Å². The van der Waals surface area contributed by atoms with Crippen LogP contribution in [0.25, 0.3) is 0 Å². The van der Waals surface area contributed by atoms with Gasteiger partial charge in [0, 0.05) is 24.1 Å². The van der Waals surface area contributed by atoms with Gasteiger partial charge < -0.3 is 25.3 Å². The van der Waals surface area contributed by atoms with E-state index in [9.17, 15) is 14.9 Å². The Morgan fingerprint density at radius 1 is 1.16 bits per heavy atom.